The van der Waals surface area contributed by atoms with E-state index in [1.54, 1.807) is 12.4 Å². The van der Waals surface area contributed by atoms with Gasteiger partial charge in [0.05, 0.1) is 28.7 Å². The number of aromatic amines is 1. The van der Waals surface area contributed by atoms with Gasteiger partial charge >= 0.3 is 5.97 Å². The Morgan fingerprint density at radius 1 is 1.11 bits per heavy atom. The second-order valence-corrected chi connectivity index (χ2v) is 9.32. The average molecular weight is 471 g/mol. The number of nitrogens with zero attached hydrogens (tertiary/aromatic N) is 4. The van der Waals surface area contributed by atoms with Gasteiger partial charge in [-0.1, -0.05) is 12.1 Å². The minimum Gasteiger partial charge on any atom is -0.461 e. The minimum absolute atomic E-state index is 0.353. The minimum atomic E-state index is -0.353. The molecule has 1 aliphatic heterocycles. The molecule has 8 nitrogen and oxygen atoms in total. The Balaban J connectivity index is 1.32. The van der Waals surface area contributed by atoms with Crippen LogP contribution in [0.2, 0.25) is 0 Å². The van der Waals surface area contributed by atoms with E-state index in [2.05, 4.69) is 44.2 Å². The van der Waals surface area contributed by atoms with Crippen LogP contribution in [0, 0.1) is 6.92 Å². The molecule has 4 heterocycles. The van der Waals surface area contributed by atoms with E-state index in [-0.39, 0.29) is 5.97 Å². The smallest absolute Gasteiger partial charge is 0.339 e. The summed E-state index contributed by atoms with van der Waals surface area (Å²) in [5.41, 5.74) is 5.80. The molecule has 0 radical (unpaired) electrons. The number of fused-ring (bicyclic) bond motifs is 1. The number of ether oxygens (including phenoxy) is 1. The molecule has 0 spiro atoms. The van der Waals surface area contributed by atoms with Crippen molar-refractivity contribution in [2.75, 3.05) is 26.2 Å². The second kappa shape index (κ2) is 9.93. The number of pyridine rings is 2. The van der Waals surface area contributed by atoms with Crippen LogP contribution >= 0.6 is 0 Å². The summed E-state index contributed by atoms with van der Waals surface area (Å²) >= 11 is 0. The fourth-order valence-electron chi connectivity index (χ4n) is 4.77. The third-order valence-electron chi connectivity index (χ3n) is 6.29. The standard InChI is InChI=1S/C27H30N6O2/c1-17-5-4-6-25(31-17)26-23(14-29-32-26)20-7-8-24-21(11-20)12-22(13-28-24)27(34)35-10-9-33-15-18(2)30-19(3)16-33/h4-8,11-14,18-19,30H,9-10,15-16H2,1-3H3,(H,29,32)/t18-,19+. The Kier molecular flexibility index (Phi) is 6.57. The van der Waals surface area contributed by atoms with Gasteiger partial charge in [-0.05, 0) is 56.7 Å². The lowest BCUT2D eigenvalue weighted by molar-refractivity contribution is 0.0436. The van der Waals surface area contributed by atoms with Crippen molar-refractivity contribution in [1.82, 2.24) is 30.4 Å². The van der Waals surface area contributed by atoms with Gasteiger partial charge in [0.2, 0.25) is 0 Å². The van der Waals surface area contributed by atoms with Gasteiger partial charge in [-0.3, -0.25) is 20.0 Å². The first-order valence-corrected chi connectivity index (χ1v) is 12.0. The molecule has 3 aromatic heterocycles. The van der Waals surface area contributed by atoms with Gasteiger partial charge in [-0.2, -0.15) is 5.10 Å². The van der Waals surface area contributed by atoms with E-state index in [4.69, 9.17) is 4.74 Å². The number of hydrogen-bond donors (Lipinski definition) is 2. The summed E-state index contributed by atoms with van der Waals surface area (Å²) in [6.45, 7) is 9.31. The summed E-state index contributed by atoms with van der Waals surface area (Å²) in [7, 11) is 0. The number of benzene rings is 1. The molecule has 0 saturated carbocycles. The van der Waals surface area contributed by atoms with Crippen molar-refractivity contribution in [3.8, 4) is 22.5 Å². The maximum absolute atomic E-state index is 12.7. The van der Waals surface area contributed by atoms with E-state index < -0.39 is 0 Å². The number of nitrogens with one attached hydrogen (secondary N) is 2. The first kappa shape index (κ1) is 23.1. The molecule has 35 heavy (non-hydrogen) atoms. The van der Waals surface area contributed by atoms with Crippen LogP contribution in [-0.2, 0) is 4.74 Å². The van der Waals surface area contributed by atoms with E-state index in [0.29, 0.717) is 24.3 Å². The lowest BCUT2D eigenvalue weighted by atomic mass is 10.0. The Hall–Kier alpha value is -3.62. The Morgan fingerprint density at radius 2 is 1.94 bits per heavy atom. The average Bonchev–Trinajstić information content (AvgIpc) is 3.33. The van der Waals surface area contributed by atoms with Crippen LogP contribution in [0.15, 0.2) is 54.9 Å². The topological polar surface area (TPSA) is 96.0 Å². The van der Waals surface area contributed by atoms with Gasteiger partial charge < -0.3 is 10.1 Å². The molecule has 2 N–H and O–H groups in total. The fraction of sp³-hybridized carbons (Fsp3) is 0.333. The summed E-state index contributed by atoms with van der Waals surface area (Å²) in [4.78, 5) is 24.2. The number of carbonyl (C=O) groups excluding carboxylic acids is 1. The van der Waals surface area contributed by atoms with E-state index in [1.807, 2.05) is 49.4 Å². The number of esters is 1. The van der Waals surface area contributed by atoms with E-state index in [9.17, 15) is 4.79 Å². The second-order valence-electron chi connectivity index (χ2n) is 9.32. The first-order chi connectivity index (χ1) is 17.0. The Bertz CT molecular complexity index is 1340. The molecule has 1 saturated heterocycles. The highest BCUT2D eigenvalue weighted by atomic mass is 16.5. The zero-order valence-corrected chi connectivity index (χ0v) is 20.3. The maximum Gasteiger partial charge on any atom is 0.339 e. The summed E-state index contributed by atoms with van der Waals surface area (Å²) in [6.07, 6.45) is 3.38. The summed E-state index contributed by atoms with van der Waals surface area (Å²) in [5.74, 6) is -0.353. The van der Waals surface area contributed by atoms with E-state index in [1.165, 1.54) is 0 Å². The van der Waals surface area contributed by atoms with Crippen molar-refractivity contribution < 1.29 is 9.53 Å². The molecule has 0 unspecified atom stereocenters. The third kappa shape index (κ3) is 5.23. The predicted octanol–water partition coefficient (Wildman–Crippen LogP) is 3.83. The van der Waals surface area contributed by atoms with Crippen molar-refractivity contribution in [3.63, 3.8) is 0 Å². The fourth-order valence-corrected chi connectivity index (χ4v) is 4.77. The molecule has 2 atom stereocenters. The molecule has 0 bridgehead atoms. The first-order valence-electron chi connectivity index (χ1n) is 12.0. The van der Waals surface area contributed by atoms with Gasteiger partial charge in [0.25, 0.3) is 0 Å². The van der Waals surface area contributed by atoms with Crippen LogP contribution in [0.3, 0.4) is 0 Å². The molecule has 4 aromatic rings. The van der Waals surface area contributed by atoms with Crippen LogP contribution in [0.4, 0.5) is 0 Å². The zero-order valence-electron chi connectivity index (χ0n) is 20.3. The molecule has 1 aromatic carbocycles. The lowest BCUT2D eigenvalue weighted by Gasteiger charge is -2.35. The van der Waals surface area contributed by atoms with Crippen LogP contribution in [0.1, 0.15) is 29.9 Å². The van der Waals surface area contributed by atoms with Gasteiger partial charge in [-0.15, -0.1) is 0 Å². The van der Waals surface area contributed by atoms with Crippen LogP contribution < -0.4 is 5.32 Å². The summed E-state index contributed by atoms with van der Waals surface area (Å²) in [6, 6.07) is 14.6. The normalized spacial score (nSPS) is 18.6. The Labute approximate surface area is 204 Å². The predicted molar refractivity (Wildman–Crippen MR) is 136 cm³/mol. The highest BCUT2D eigenvalue weighted by molar-refractivity contribution is 5.95. The molecule has 8 heteroatoms. The highest BCUT2D eigenvalue weighted by Crippen LogP contribution is 2.31. The van der Waals surface area contributed by atoms with Crippen LogP contribution in [-0.4, -0.2) is 69.4 Å². The molecule has 180 valence electrons. The van der Waals surface area contributed by atoms with Crippen LogP contribution in [0.5, 0.6) is 0 Å². The van der Waals surface area contributed by atoms with Gasteiger partial charge in [0.15, 0.2) is 0 Å². The molecule has 0 aliphatic carbocycles. The maximum atomic E-state index is 12.7. The van der Waals surface area contributed by atoms with Crippen LogP contribution in [0.25, 0.3) is 33.4 Å². The SMILES string of the molecule is Cc1cccc(-c2[nH]ncc2-c2ccc3ncc(C(=O)OCCN4C[C@@H](C)N[C@@H](C)C4)cc3c2)n1. The number of aromatic nitrogens is 4. The summed E-state index contributed by atoms with van der Waals surface area (Å²) < 4.78 is 5.58. The molecule has 1 aliphatic rings. The van der Waals surface area contributed by atoms with Crippen molar-refractivity contribution in [2.24, 2.45) is 0 Å². The lowest BCUT2D eigenvalue weighted by Crippen LogP contribution is -2.54. The van der Waals surface area contributed by atoms with Gasteiger partial charge in [0.1, 0.15) is 6.61 Å². The largest absolute Gasteiger partial charge is 0.461 e. The van der Waals surface area contributed by atoms with E-state index in [0.717, 1.165) is 58.7 Å². The number of aryl methyl sites for hydroxylation is 1. The zero-order chi connectivity index (χ0) is 24.4. The number of piperazine rings is 1. The number of rotatable bonds is 6. The summed E-state index contributed by atoms with van der Waals surface area (Å²) in [5, 5.41) is 11.7. The van der Waals surface area contributed by atoms with Gasteiger partial charge in [-0.25, -0.2) is 4.79 Å². The number of carbonyl (C=O) groups is 1. The number of hydrogen-bond acceptors (Lipinski definition) is 7. The molecular formula is C27H30N6O2. The van der Waals surface area contributed by atoms with Crippen molar-refractivity contribution >= 4 is 16.9 Å². The van der Waals surface area contributed by atoms with Crippen molar-refractivity contribution in [3.05, 3.63) is 66.1 Å². The quantitative estimate of drug-likeness (QED) is 0.414. The van der Waals surface area contributed by atoms with Gasteiger partial charge in [0, 0.05) is 54.6 Å². The Morgan fingerprint density at radius 3 is 2.74 bits per heavy atom. The number of H-pyrrole nitrogens is 1. The van der Waals surface area contributed by atoms with E-state index >= 15 is 0 Å². The van der Waals surface area contributed by atoms with Crippen molar-refractivity contribution in [2.45, 2.75) is 32.9 Å². The molecule has 0 amide bonds. The highest BCUT2D eigenvalue weighted by Gasteiger charge is 2.21. The monoisotopic (exact) mass is 470 g/mol. The molecular weight excluding hydrogens is 440 g/mol. The third-order valence-corrected chi connectivity index (χ3v) is 6.29. The van der Waals surface area contributed by atoms with Crippen molar-refractivity contribution in [1.29, 1.82) is 0 Å². The molecule has 5 rings (SSSR count). The molecule has 1 fully saturated rings.